The van der Waals surface area contributed by atoms with Crippen molar-refractivity contribution >= 4 is 11.8 Å². The molecule has 0 saturated heterocycles. The second-order valence-electron chi connectivity index (χ2n) is 2.76. The van der Waals surface area contributed by atoms with Crippen LogP contribution in [0.4, 0.5) is 4.39 Å². The number of rotatable bonds is 2. The van der Waals surface area contributed by atoms with Crippen LogP contribution in [0.25, 0.3) is 5.69 Å². The second-order valence-corrected chi connectivity index (χ2v) is 3.53. The van der Waals surface area contributed by atoms with E-state index >= 15 is 0 Å². The van der Waals surface area contributed by atoms with E-state index in [0.29, 0.717) is 0 Å². The highest BCUT2D eigenvalue weighted by molar-refractivity contribution is 7.98. The standard InChI is InChI=1S/C10H9FN2S/c1-14-10-12-6-7-13(10)9-4-2-8(11)3-5-9/h2-7H,1H3. The predicted molar refractivity (Wildman–Crippen MR) is 55.3 cm³/mol. The van der Waals surface area contributed by atoms with Crippen molar-refractivity contribution in [2.24, 2.45) is 0 Å². The molecule has 0 spiro atoms. The summed E-state index contributed by atoms with van der Waals surface area (Å²) in [6.07, 6.45) is 5.55. The van der Waals surface area contributed by atoms with Crippen molar-refractivity contribution in [2.45, 2.75) is 5.16 Å². The zero-order chi connectivity index (χ0) is 9.97. The van der Waals surface area contributed by atoms with Crippen LogP contribution in [0.2, 0.25) is 0 Å². The SMILES string of the molecule is CSc1nccn1-c1ccc(F)cc1. The van der Waals surface area contributed by atoms with Gasteiger partial charge in [0.05, 0.1) is 0 Å². The van der Waals surface area contributed by atoms with Gasteiger partial charge in [0.1, 0.15) is 5.82 Å². The molecule has 0 N–H and O–H groups in total. The van der Waals surface area contributed by atoms with Crippen molar-refractivity contribution in [3.8, 4) is 5.69 Å². The number of aromatic nitrogens is 2. The van der Waals surface area contributed by atoms with Crippen molar-refractivity contribution in [2.75, 3.05) is 6.26 Å². The van der Waals surface area contributed by atoms with E-state index in [4.69, 9.17) is 0 Å². The monoisotopic (exact) mass is 208 g/mol. The summed E-state index contributed by atoms with van der Waals surface area (Å²) >= 11 is 1.56. The molecular weight excluding hydrogens is 199 g/mol. The maximum absolute atomic E-state index is 12.7. The van der Waals surface area contributed by atoms with E-state index < -0.39 is 0 Å². The van der Waals surface area contributed by atoms with E-state index in [1.165, 1.54) is 12.1 Å². The minimum atomic E-state index is -0.223. The quantitative estimate of drug-likeness (QED) is 0.706. The third-order valence-corrected chi connectivity index (χ3v) is 2.56. The van der Waals surface area contributed by atoms with E-state index in [0.717, 1.165) is 10.8 Å². The lowest BCUT2D eigenvalue weighted by atomic mass is 10.3. The molecule has 0 aliphatic heterocycles. The molecule has 2 aromatic rings. The molecule has 2 rings (SSSR count). The van der Waals surface area contributed by atoms with Crippen LogP contribution in [-0.2, 0) is 0 Å². The highest BCUT2D eigenvalue weighted by Gasteiger charge is 2.02. The average molecular weight is 208 g/mol. The summed E-state index contributed by atoms with van der Waals surface area (Å²) in [7, 11) is 0. The topological polar surface area (TPSA) is 17.8 Å². The average Bonchev–Trinajstić information content (AvgIpc) is 2.67. The van der Waals surface area contributed by atoms with E-state index in [1.807, 2.05) is 17.0 Å². The molecule has 0 radical (unpaired) electrons. The molecule has 0 aliphatic rings. The molecule has 0 unspecified atom stereocenters. The molecule has 72 valence electrons. The van der Waals surface area contributed by atoms with Crippen molar-refractivity contribution in [1.29, 1.82) is 0 Å². The Hall–Kier alpha value is -1.29. The molecule has 1 aromatic heterocycles. The highest BCUT2D eigenvalue weighted by Crippen LogP contribution is 2.17. The second kappa shape index (κ2) is 3.84. The fraction of sp³-hybridized carbons (Fsp3) is 0.100. The molecule has 0 aliphatic carbocycles. The Bertz CT molecular complexity index is 422. The summed E-state index contributed by atoms with van der Waals surface area (Å²) in [4.78, 5) is 4.17. The van der Waals surface area contributed by atoms with Gasteiger partial charge in [0.2, 0.25) is 0 Å². The largest absolute Gasteiger partial charge is 0.295 e. The van der Waals surface area contributed by atoms with Gasteiger partial charge in [0.25, 0.3) is 0 Å². The molecule has 0 amide bonds. The summed E-state index contributed by atoms with van der Waals surface area (Å²) in [6, 6.07) is 6.35. The third-order valence-electron chi connectivity index (χ3n) is 1.89. The lowest BCUT2D eigenvalue weighted by molar-refractivity contribution is 0.627. The zero-order valence-corrected chi connectivity index (χ0v) is 8.46. The van der Waals surface area contributed by atoms with Gasteiger partial charge in [0.15, 0.2) is 5.16 Å². The minimum Gasteiger partial charge on any atom is -0.295 e. The maximum atomic E-state index is 12.7. The van der Waals surface area contributed by atoms with Gasteiger partial charge in [-0.3, -0.25) is 4.57 Å². The van der Waals surface area contributed by atoms with Gasteiger partial charge in [-0.25, -0.2) is 9.37 Å². The summed E-state index contributed by atoms with van der Waals surface area (Å²) in [6.45, 7) is 0. The van der Waals surface area contributed by atoms with Crippen LogP contribution in [0.3, 0.4) is 0 Å². The van der Waals surface area contributed by atoms with Crippen LogP contribution >= 0.6 is 11.8 Å². The molecule has 0 saturated carbocycles. The first-order valence-electron chi connectivity index (χ1n) is 4.14. The van der Waals surface area contributed by atoms with Crippen LogP contribution in [0, 0.1) is 5.82 Å². The van der Waals surface area contributed by atoms with Gasteiger partial charge < -0.3 is 0 Å². The number of hydrogen-bond donors (Lipinski definition) is 0. The minimum absolute atomic E-state index is 0.223. The predicted octanol–water partition coefficient (Wildman–Crippen LogP) is 2.73. The number of nitrogens with zero attached hydrogens (tertiary/aromatic N) is 2. The van der Waals surface area contributed by atoms with E-state index in [9.17, 15) is 4.39 Å². The third kappa shape index (κ3) is 1.65. The Morgan fingerprint density at radius 2 is 2.00 bits per heavy atom. The lowest BCUT2D eigenvalue weighted by Crippen LogP contribution is -1.94. The zero-order valence-electron chi connectivity index (χ0n) is 7.64. The fourth-order valence-electron chi connectivity index (χ4n) is 1.24. The number of imidazole rings is 1. The van der Waals surface area contributed by atoms with Gasteiger partial charge >= 0.3 is 0 Å². The first-order valence-corrected chi connectivity index (χ1v) is 5.37. The van der Waals surface area contributed by atoms with Crippen molar-refractivity contribution in [3.05, 3.63) is 42.5 Å². The molecule has 0 bridgehead atoms. The van der Waals surface area contributed by atoms with Gasteiger partial charge in [-0.1, -0.05) is 11.8 Å². The van der Waals surface area contributed by atoms with Crippen molar-refractivity contribution < 1.29 is 4.39 Å². The molecule has 4 heteroatoms. The Labute approximate surface area is 85.8 Å². The van der Waals surface area contributed by atoms with Gasteiger partial charge in [-0.05, 0) is 30.5 Å². The first-order chi connectivity index (χ1) is 6.81. The number of thioether (sulfide) groups is 1. The van der Waals surface area contributed by atoms with Crippen LogP contribution in [0.15, 0.2) is 41.8 Å². The van der Waals surface area contributed by atoms with Crippen LogP contribution < -0.4 is 0 Å². The Kier molecular flexibility index (Phi) is 2.54. The van der Waals surface area contributed by atoms with Crippen molar-refractivity contribution in [3.63, 3.8) is 0 Å². The lowest BCUT2D eigenvalue weighted by Gasteiger charge is -2.04. The van der Waals surface area contributed by atoms with E-state index in [2.05, 4.69) is 4.98 Å². The molecule has 0 fully saturated rings. The first kappa shape index (κ1) is 9.27. The van der Waals surface area contributed by atoms with E-state index in [-0.39, 0.29) is 5.82 Å². The highest BCUT2D eigenvalue weighted by atomic mass is 32.2. The molecule has 1 aromatic carbocycles. The van der Waals surface area contributed by atoms with Crippen LogP contribution in [0.1, 0.15) is 0 Å². The molecule has 2 nitrogen and oxygen atoms in total. The van der Waals surface area contributed by atoms with Crippen LogP contribution in [0.5, 0.6) is 0 Å². The molecular formula is C10H9FN2S. The molecule has 14 heavy (non-hydrogen) atoms. The molecule has 1 heterocycles. The Morgan fingerprint density at radius 3 is 2.64 bits per heavy atom. The molecule has 0 atom stereocenters. The fourth-order valence-corrected chi connectivity index (χ4v) is 1.77. The normalized spacial score (nSPS) is 10.4. The van der Waals surface area contributed by atoms with E-state index in [1.54, 1.807) is 30.1 Å². The smallest absolute Gasteiger partial charge is 0.172 e. The number of halogens is 1. The number of benzene rings is 1. The summed E-state index contributed by atoms with van der Waals surface area (Å²) in [5.74, 6) is -0.223. The summed E-state index contributed by atoms with van der Waals surface area (Å²) < 4.78 is 14.6. The van der Waals surface area contributed by atoms with Gasteiger partial charge in [-0.2, -0.15) is 0 Å². The van der Waals surface area contributed by atoms with Crippen LogP contribution in [-0.4, -0.2) is 15.8 Å². The maximum Gasteiger partial charge on any atom is 0.172 e. The number of hydrogen-bond acceptors (Lipinski definition) is 2. The summed E-state index contributed by atoms with van der Waals surface area (Å²) in [5.41, 5.74) is 0.924. The van der Waals surface area contributed by atoms with Gasteiger partial charge in [0, 0.05) is 18.1 Å². The summed E-state index contributed by atoms with van der Waals surface area (Å²) in [5, 5.41) is 0.900. The van der Waals surface area contributed by atoms with Gasteiger partial charge in [-0.15, -0.1) is 0 Å². The Balaban J connectivity index is 2.44. The Morgan fingerprint density at radius 1 is 1.29 bits per heavy atom. The van der Waals surface area contributed by atoms with Crippen molar-refractivity contribution in [1.82, 2.24) is 9.55 Å².